The molecule has 1 fully saturated rings. The summed E-state index contributed by atoms with van der Waals surface area (Å²) in [6.45, 7) is 4.28. The van der Waals surface area contributed by atoms with Crippen LogP contribution in [-0.2, 0) is 11.3 Å². The number of rotatable bonds is 6. The number of hydrogen-bond acceptors (Lipinski definition) is 7. The first-order valence-electron chi connectivity index (χ1n) is 12.1. The molecule has 10 nitrogen and oxygen atoms in total. The van der Waals surface area contributed by atoms with Crippen LogP contribution in [0.2, 0.25) is 0 Å². The van der Waals surface area contributed by atoms with Gasteiger partial charge in [0.05, 0.1) is 35.4 Å². The Balaban J connectivity index is 1.22. The quantitative estimate of drug-likeness (QED) is 0.266. The van der Waals surface area contributed by atoms with Crippen LogP contribution in [0.25, 0.3) is 16.5 Å². The predicted molar refractivity (Wildman–Crippen MR) is 139 cm³/mol. The van der Waals surface area contributed by atoms with Crippen molar-refractivity contribution in [1.82, 2.24) is 35.1 Å². The number of carbonyl (C=O) groups is 1. The van der Waals surface area contributed by atoms with Gasteiger partial charge in [-0.3, -0.25) is 19.5 Å². The van der Waals surface area contributed by atoms with Crippen molar-refractivity contribution in [3.8, 4) is 28.4 Å². The Morgan fingerprint density at radius 3 is 3.00 bits per heavy atom. The monoisotopic (exact) mass is 515 g/mol. The zero-order valence-corrected chi connectivity index (χ0v) is 21.2. The van der Waals surface area contributed by atoms with Gasteiger partial charge < -0.3 is 10.3 Å². The van der Waals surface area contributed by atoms with E-state index in [2.05, 4.69) is 42.0 Å². The van der Waals surface area contributed by atoms with Crippen molar-refractivity contribution in [2.45, 2.75) is 32.2 Å². The molecule has 37 heavy (non-hydrogen) atoms. The van der Waals surface area contributed by atoms with E-state index in [4.69, 9.17) is 4.98 Å². The van der Waals surface area contributed by atoms with E-state index in [1.165, 1.54) is 6.92 Å². The smallest absolute Gasteiger partial charge is 0.345 e. The lowest BCUT2D eigenvalue weighted by Crippen LogP contribution is -2.35. The first kappa shape index (κ1) is 24.5. The third kappa shape index (κ3) is 6.35. The minimum absolute atomic E-state index is 0.110. The van der Waals surface area contributed by atoms with Crippen LogP contribution in [0, 0.1) is 11.8 Å². The highest BCUT2D eigenvalue weighted by molar-refractivity contribution is 7.13. The number of imidazole rings is 1. The molecule has 0 aromatic carbocycles. The highest BCUT2D eigenvalue weighted by atomic mass is 32.1. The van der Waals surface area contributed by atoms with E-state index in [1.54, 1.807) is 29.8 Å². The van der Waals surface area contributed by atoms with Crippen LogP contribution >= 0.6 is 11.3 Å². The molecule has 1 unspecified atom stereocenters. The lowest BCUT2D eigenvalue weighted by molar-refractivity contribution is -0.602. The van der Waals surface area contributed by atoms with Crippen molar-refractivity contribution in [2.75, 3.05) is 19.6 Å². The van der Waals surface area contributed by atoms with Crippen LogP contribution in [0.15, 0.2) is 53.3 Å². The Morgan fingerprint density at radius 1 is 1.35 bits per heavy atom. The Kier molecular flexibility index (Phi) is 7.49. The molecule has 1 aliphatic rings. The van der Waals surface area contributed by atoms with E-state index in [0.29, 0.717) is 11.5 Å². The molecule has 1 atom stereocenters. The fourth-order valence-corrected chi connectivity index (χ4v) is 5.00. The molecule has 1 saturated heterocycles. The maximum absolute atomic E-state index is 12.3. The Bertz CT molecular complexity index is 1480. The second kappa shape index (κ2) is 11.3. The summed E-state index contributed by atoms with van der Waals surface area (Å²) in [5.41, 5.74) is 2.35. The van der Waals surface area contributed by atoms with Gasteiger partial charge in [-0.2, -0.15) is 4.57 Å². The summed E-state index contributed by atoms with van der Waals surface area (Å²) in [5, 5.41) is 4.62. The van der Waals surface area contributed by atoms with E-state index >= 15 is 0 Å². The molecule has 0 radical (unpaired) electrons. The predicted octanol–water partition coefficient (Wildman–Crippen LogP) is 1.76. The van der Waals surface area contributed by atoms with Crippen LogP contribution in [0.1, 0.15) is 42.8 Å². The Hall–Kier alpha value is -4.14. The molecule has 0 bridgehead atoms. The molecule has 4 aromatic rings. The molecule has 188 valence electrons. The summed E-state index contributed by atoms with van der Waals surface area (Å²) in [6, 6.07) is 5.53. The van der Waals surface area contributed by atoms with Crippen molar-refractivity contribution in [3.05, 3.63) is 75.9 Å². The SMILES string of the molecule is CC(=O)NCC#Cc1cnc(-[n+]2c[nH]c(CN3CCCC(c4nc(-c5cccs5)cc(=O)[nH]4)C3)c2)nc1. The Morgan fingerprint density at radius 2 is 2.22 bits per heavy atom. The molecular formula is C26H27N8O2S+. The fourth-order valence-electron chi connectivity index (χ4n) is 4.31. The van der Waals surface area contributed by atoms with Crippen LogP contribution in [-0.4, -0.2) is 55.4 Å². The number of hydrogen-bond donors (Lipinski definition) is 3. The van der Waals surface area contributed by atoms with Gasteiger partial charge in [0.25, 0.3) is 5.56 Å². The first-order chi connectivity index (χ1) is 18.0. The number of aromatic nitrogens is 6. The number of nitrogens with one attached hydrogen (secondary N) is 3. The minimum Gasteiger partial charge on any atom is -0.345 e. The minimum atomic E-state index is -0.115. The van der Waals surface area contributed by atoms with Gasteiger partial charge in [-0.05, 0) is 30.8 Å². The molecule has 0 aliphatic carbocycles. The van der Waals surface area contributed by atoms with Gasteiger partial charge in [0.15, 0.2) is 6.33 Å². The number of piperidine rings is 1. The third-order valence-corrected chi connectivity index (χ3v) is 6.92. The molecule has 0 spiro atoms. The molecule has 5 heterocycles. The zero-order valence-electron chi connectivity index (χ0n) is 20.4. The molecule has 0 saturated carbocycles. The highest BCUT2D eigenvalue weighted by Crippen LogP contribution is 2.27. The summed E-state index contributed by atoms with van der Waals surface area (Å²) >= 11 is 1.59. The molecule has 3 N–H and O–H groups in total. The van der Waals surface area contributed by atoms with Crippen LogP contribution in [0.4, 0.5) is 0 Å². The number of nitrogens with zero attached hydrogens (tertiary/aromatic N) is 5. The average molecular weight is 516 g/mol. The average Bonchev–Trinajstić information content (AvgIpc) is 3.60. The van der Waals surface area contributed by atoms with Gasteiger partial charge in [0, 0.05) is 25.5 Å². The van der Waals surface area contributed by atoms with Gasteiger partial charge in [-0.15, -0.1) is 21.3 Å². The molecule has 1 amide bonds. The van der Waals surface area contributed by atoms with Gasteiger partial charge in [-0.25, -0.2) is 4.98 Å². The number of carbonyl (C=O) groups excluding carboxylic acids is 1. The summed E-state index contributed by atoms with van der Waals surface area (Å²) in [5.74, 6) is 7.15. The van der Waals surface area contributed by atoms with Crippen molar-refractivity contribution >= 4 is 17.2 Å². The number of likely N-dealkylation sites (tertiary alicyclic amines) is 1. The van der Waals surface area contributed by atoms with Crippen molar-refractivity contribution in [3.63, 3.8) is 0 Å². The van der Waals surface area contributed by atoms with E-state index in [1.807, 2.05) is 34.6 Å². The molecule has 1 aliphatic heterocycles. The molecule has 5 rings (SSSR count). The Labute approximate surface area is 217 Å². The van der Waals surface area contributed by atoms with Crippen molar-refractivity contribution in [2.24, 2.45) is 0 Å². The van der Waals surface area contributed by atoms with E-state index in [-0.39, 0.29) is 23.9 Å². The maximum atomic E-state index is 12.3. The summed E-state index contributed by atoms with van der Waals surface area (Å²) in [6.07, 6.45) is 9.17. The van der Waals surface area contributed by atoms with Gasteiger partial charge in [0.1, 0.15) is 23.9 Å². The van der Waals surface area contributed by atoms with Crippen LogP contribution < -0.4 is 15.4 Å². The number of thiophene rings is 1. The third-order valence-electron chi connectivity index (χ3n) is 6.03. The normalized spacial score (nSPS) is 15.6. The lowest BCUT2D eigenvalue weighted by atomic mass is 9.97. The lowest BCUT2D eigenvalue weighted by Gasteiger charge is -2.31. The van der Waals surface area contributed by atoms with E-state index in [9.17, 15) is 9.59 Å². The molecule has 4 aromatic heterocycles. The van der Waals surface area contributed by atoms with Gasteiger partial charge in [0.2, 0.25) is 5.91 Å². The second-order valence-corrected chi connectivity index (χ2v) is 9.83. The fraction of sp³-hybridized carbons (Fsp3) is 0.308. The van der Waals surface area contributed by atoms with Crippen LogP contribution in [0.3, 0.4) is 0 Å². The summed E-state index contributed by atoms with van der Waals surface area (Å²) < 4.78 is 1.84. The van der Waals surface area contributed by atoms with Crippen molar-refractivity contribution < 1.29 is 9.36 Å². The number of amides is 1. The topological polar surface area (TPSA) is 124 Å². The molecular weight excluding hydrogens is 488 g/mol. The van der Waals surface area contributed by atoms with Crippen LogP contribution in [0.5, 0.6) is 0 Å². The van der Waals surface area contributed by atoms with Gasteiger partial charge >= 0.3 is 5.95 Å². The molecule has 11 heteroatoms. The number of H-pyrrole nitrogens is 2. The highest BCUT2D eigenvalue weighted by Gasteiger charge is 2.25. The van der Waals surface area contributed by atoms with E-state index < -0.39 is 0 Å². The first-order valence-corrected chi connectivity index (χ1v) is 12.9. The second-order valence-electron chi connectivity index (χ2n) is 8.89. The number of aromatic amines is 2. The standard InChI is InChI=1S/C26H26N8O2S/c1-18(35)27-8-2-5-19-12-28-26(29-13-19)34-16-21(30-17-34)15-33-9-3-6-20(14-33)25-31-22(11-24(36)32-25)23-7-4-10-37-23/h4,7,10-13,16-17,20H,3,6,8-9,14-15H2,1H3,(H2,27,31,32,35,36)/p+1. The largest absolute Gasteiger partial charge is 0.388 e. The maximum Gasteiger partial charge on any atom is 0.388 e. The van der Waals surface area contributed by atoms with E-state index in [0.717, 1.165) is 54.6 Å². The summed E-state index contributed by atoms with van der Waals surface area (Å²) in [4.78, 5) is 46.5. The van der Waals surface area contributed by atoms with Gasteiger partial charge in [-0.1, -0.05) is 17.9 Å². The summed E-state index contributed by atoms with van der Waals surface area (Å²) in [7, 11) is 0. The van der Waals surface area contributed by atoms with Crippen molar-refractivity contribution in [1.29, 1.82) is 0 Å². The zero-order chi connectivity index (χ0) is 25.6.